The molecule has 3 heterocycles. The van der Waals surface area contributed by atoms with E-state index in [9.17, 15) is 0 Å². The van der Waals surface area contributed by atoms with Gasteiger partial charge < -0.3 is 4.57 Å². The van der Waals surface area contributed by atoms with Crippen LogP contribution in [0, 0.1) is 0 Å². The minimum atomic E-state index is 1.06. The number of hydrogen-bond acceptors (Lipinski definition) is 2. The van der Waals surface area contributed by atoms with E-state index in [0.717, 1.165) is 6.54 Å². The zero-order chi connectivity index (χ0) is 27.2. The van der Waals surface area contributed by atoms with Gasteiger partial charge in [-0.05, 0) is 42.8 Å². The van der Waals surface area contributed by atoms with E-state index in [2.05, 4.69) is 57.9 Å². The van der Waals surface area contributed by atoms with Gasteiger partial charge in [-0.25, -0.2) is 0 Å². The van der Waals surface area contributed by atoms with Gasteiger partial charge in [0.15, 0.2) is 0 Å². The number of rotatable bonds is 23. The van der Waals surface area contributed by atoms with Gasteiger partial charge in [0, 0.05) is 53.8 Å². The second-order valence-electron chi connectivity index (χ2n) is 11.4. The second-order valence-corrected chi connectivity index (χ2v) is 11.4. The molecule has 3 heteroatoms. The normalized spacial score (nSPS) is 11.3. The van der Waals surface area contributed by atoms with E-state index in [1.807, 2.05) is 24.8 Å². The molecule has 0 aliphatic carbocycles. The lowest BCUT2D eigenvalue weighted by Crippen LogP contribution is -2.03. The molecule has 0 radical (unpaired) electrons. The van der Waals surface area contributed by atoms with Gasteiger partial charge in [0.05, 0.1) is 0 Å². The number of nitrogens with zero attached hydrogens (tertiary/aromatic N) is 3. The predicted octanol–water partition coefficient (Wildman–Crippen LogP) is 11.4. The van der Waals surface area contributed by atoms with Crippen molar-refractivity contribution in [1.29, 1.82) is 0 Å². The van der Waals surface area contributed by atoms with Crippen molar-refractivity contribution in [3.8, 4) is 22.5 Å². The maximum absolute atomic E-state index is 4.20. The van der Waals surface area contributed by atoms with E-state index in [-0.39, 0.29) is 0 Å². The molecular formula is C36H55N3. The molecule has 3 aromatic heterocycles. The molecule has 0 aromatic carbocycles. The Morgan fingerprint density at radius 3 is 1.05 bits per heavy atom. The Bertz CT molecular complexity index is 906. The molecule has 0 bridgehead atoms. The average Bonchev–Trinajstić information content (AvgIpc) is 3.41. The van der Waals surface area contributed by atoms with Crippen LogP contribution in [0.15, 0.2) is 61.2 Å². The summed E-state index contributed by atoms with van der Waals surface area (Å²) >= 11 is 0. The van der Waals surface area contributed by atoms with Crippen LogP contribution in [-0.2, 0) is 6.54 Å². The number of unbranched alkanes of at least 4 members (excludes halogenated alkanes) is 19. The summed E-state index contributed by atoms with van der Waals surface area (Å²) in [6, 6.07) is 12.9. The second kappa shape index (κ2) is 20.5. The number of hydrogen-bond donors (Lipinski definition) is 0. The topological polar surface area (TPSA) is 30.7 Å². The van der Waals surface area contributed by atoms with E-state index >= 15 is 0 Å². The summed E-state index contributed by atoms with van der Waals surface area (Å²) in [5, 5.41) is 0. The Hall–Kier alpha value is -2.42. The molecule has 3 rings (SSSR count). The summed E-state index contributed by atoms with van der Waals surface area (Å²) in [5.74, 6) is 0. The average molecular weight is 530 g/mol. The first-order valence-electron chi connectivity index (χ1n) is 16.4. The van der Waals surface area contributed by atoms with E-state index in [4.69, 9.17) is 0 Å². The first-order valence-corrected chi connectivity index (χ1v) is 16.4. The summed E-state index contributed by atoms with van der Waals surface area (Å²) in [7, 11) is 0. The highest BCUT2D eigenvalue weighted by molar-refractivity contribution is 5.69. The fourth-order valence-electron chi connectivity index (χ4n) is 5.78. The lowest BCUT2D eigenvalue weighted by molar-refractivity contribution is 0.517. The number of aromatic nitrogens is 3. The SMILES string of the molecule is CCCCCCCCCCCCCCCCCCCCCCn1c(-c2ccncc2)ccc1-c1ccncc1. The lowest BCUT2D eigenvalue weighted by atomic mass is 10.0. The van der Waals surface area contributed by atoms with Gasteiger partial charge in [0.25, 0.3) is 0 Å². The minimum Gasteiger partial charge on any atom is -0.341 e. The minimum absolute atomic E-state index is 1.06. The summed E-state index contributed by atoms with van der Waals surface area (Å²) in [6.45, 7) is 3.36. The van der Waals surface area contributed by atoms with Gasteiger partial charge in [0.2, 0.25) is 0 Å². The van der Waals surface area contributed by atoms with Crippen LogP contribution in [0.25, 0.3) is 22.5 Å². The summed E-state index contributed by atoms with van der Waals surface area (Å²) < 4.78 is 2.49. The van der Waals surface area contributed by atoms with Gasteiger partial charge >= 0.3 is 0 Å². The van der Waals surface area contributed by atoms with E-state index in [0.29, 0.717) is 0 Å². The Morgan fingerprint density at radius 1 is 0.410 bits per heavy atom. The lowest BCUT2D eigenvalue weighted by Gasteiger charge is -2.14. The molecule has 0 saturated carbocycles. The fraction of sp³-hybridized carbons (Fsp3) is 0.611. The van der Waals surface area contributed by atoms with E-state index in [1.54, 1.807) is 0 Å². The smallest absolute Gasteiger partial charge is 0.0486 e. The molecule has 3 aromatic rings. The molecule has 0 amide bonds. The quantitative estimate of drug-likeness (QED) is 0.114. The van der Waals surface area contributed by atoms with Crippen LogP contribution in [0.4, 0.5) is 0 Å². The zero-order valence-electron chi connectivity index (χ0n) is 25.0. The van der Waals surface area contributed by atoms with Crippen molar-refractivity contribution in [3.05, 3.63) is 61.2 Å². The van der Waals surface area contributed by atoms with Crippen molar-refractivity contribution >= 4 is 0 Å². The molecule has 0 N–H and O–H groups in total. The van der Waals surface area contributed by atoms with Gasteiger partial charge in [0.1, 0.15) is 0 Å². The molecule has 3 nitrogen and oxygen atoms in total. The van der Waals surface area contributed by atoms with Gasteiger partial charge in [-0.3, -0.25) is 9.97 Å². The first kappa shape index (κ1) is 31.1. The third-order valence-corrected chi connectivity index (χ3v) is 8.17. The van der Waals surface area contributed by atoms with Gasteiger partial charge in [-0.2, -0.15) is 0 Å². The van der Waals surface area contributed by atoms with Crippen molar-refractivity contribution in [3.63, 3.8) is 0 Å². The van der Waals surface area contributed by atoms with Crippen LogP contribution in [0.2, 0.25) is 0 Å². The van der Waals surface area contributed by atoms with Crippen molar-refractivity contribution in [2.75, 3.05) is 0 Å². The highest BCUT2D eigenvalue weighted by atomic mass is 15.0. The molecule has 39 heavy (non-hydrogen) atoms. The molecule has 0 aliphatic heterocycles. The van der Waals surface area contributed by atoms with Crippen LogP contribution in [0.5, 0.6) is 0 Å². The molecule has 0 spiro atoms. The fourth-order valence-corrected chi connectivity index (χ4v) is 5.78. The van der Waals surface area contributed by atoms with Crippen LogP contribution in [-0.4, -0.2) is 14.5 Å². The first-order chi connectivity index (χ1) is 19.4. The van der Waals surface area contributed by atoms with Gasteiger partial charge in [-0.1, -0.05) is 129 Å². The largest absolute Gasteiger partial charge is 0.341 e. The standard InChI is InChI=1S/C36H55N3/c1-2-3-4-5-6-7-8-9-10-11-12-13-14-15-16-17-18-19-20-21-32-39-35(33-24-28-37-29-25-33)22-23-36(39)34-26-30-38-31-27-34/h22-31H,2-21,32H2,1H3. The van der Waals surface area contributed by atoms with Gasteiger partial charge in [-0.15, -0.1) is 0 Å². The highest BCUT2D eigenvalue weighted by Gasteiger charge is 2.11. The predicted molar refractivity (Wildman–Crippen MR) is 169 cm³/mol. The van der Waals surface area contributed by atoms with Crippen LogP contribution in [0.3, 0.4) is 0 Å². The molecule has 0 unspecified atom stereocenters. The van der Waals surface area contributed by atoms with E-state index in [1.165, 1.54) is 151 Å². The summed E-state index contributed by atoms with van der Waals surface area (Å²) in [4.78, 5) is 8.41. The highest BCUT2D eigenvalue weighted by Crippen LogP contribution is 2.29. The Kier molecular flexibility index (Phi) is 16.3. The monoisotopic (exact) mass is 529 g/mol. The maximum Gasteiger partial charge on any atom is 0.0486 e. The summed E-state index contributed by atoms with van der Waals surface area (Å²) in [5.41, 5.74) is 5.03. The van der Waals surface area contributed by atoms with Crippen molar-refractivity contribution in [2.45, 2.75) is 142 Å². The number of pyridine rings is 2. The Morgan fingerprint density at radius 2 is 0.718 bits per heavy atom. The Balaban J connectivity index is 1.20. The van der Waals surface area contributed by atoms with Crippen molar-refractivity contribution in [2.24, 2.45) is 0 Å². The van der Waals surface area contributed by atoms with Crippen LogP contribution < -0.4 is 0 Å². The molecule has 0 aliphatic rings. The third-order valence-electron chi connectivity index (χ3n) is 8.17. The molecule has 0 fully saturated rings. The zero-order valence-corrected chi connectivity index (χ0v) is 25.0. The van der Waals surface area contributed by atoms with Crippen molar-refractivity contribution < 1.29 is 0 Å². The van der Waals surface area contributed by atoms with E-state index < -0.39 is 0 Å². The summed E-state index contributed by atoms with van der Waals surface area (Å²) in [6.07, 6.45) is 35.9. The molecule has 0 atom stereocenters. The van der Waals surface area contributed by atoms with Crippen LogP contribution >= 0.6 is 0 Å². The molecule has 0 saturated heterocycles. The Labute approximate surface area is 239 Å². The molecular weight excluding hydrogens is 474 g/mol. The van der Waals surface area contributed by atoms with Crippen LogP contribution in [0.1, 0.15) is 135 Å². The third kappa shape index (κ3) is 12.5. The molecule has 214 valence electrons. The van der Waals surface area contributed by atoms with Crippen molar-refractivity contribution in [1.82, 2.24) is 14.5 Å². The maximum atomic E-state index is 4.20.